The molecule has 5 nitrogen and oxygen atoms in total. The van der Waals surface area contributed by atoms with Crippen molar-refractivity contribution in [3.05, 3.63) is 28.8 Å². The zero-order valence-corrected chi connectivity index (χ0v) is 8.56. The largest absolute Gasteiger partial charge is 0.507 e. The fourth-order valence-electron chi connectivity index (χ4n) is 1.17. The molecule has 82 valence electrons. The van der Waals surface area contributed by atoms with E-state index in [0.29, 0.717) is 6.29 Å². The number of aldehydes is 1. The van der Waals surface area contributed by atoms with E-state index in [1.165, 1.54) is 0 Å². The second kappa shape index (κ2) is 4.94. The van der Waals surface area contributed by atoms with E-state index in [9.17, 15) is 14.7 Å². The van der Waals surface area contributed by atoms with Gasteiger partial charge in [-0.2, -0.15) is 5.26 Å². The van der Waals surface area contributed by atoms with Crippen LogP contribution in [0.1, 0.15) is 33.2 Å². The lowest BCUT2D eigenvalue weighted by atomic mass is 10.0. The summed E-state index contributed by atoms with van der Waals surface area (Å²) in [6, 6.07) is 3.96. The number of hydrogen-bond acceptors (Lipinski definition) is 5. The number of nitriles is 1. The summed E-state index contributed by atoms with van der Waals surface area (Å²) in [6.07, 6.45) is 0.438. The molecule has 0 spiro atoms. The van der Waals surface area contributed by atoms with Gasteiger partial charge in [0.05, 0.1) is 18.2 Å². The van der Waals surface area contributed by atoms with E-state index in [1.807, 2.05) is 0 Å². The van der Waals surface area contributed by atoms with Crippen LogP contribution in [0, 0.1) is 11.3 Å². The molecule has 0 aliphatic carbocycles. The molecule has 1 aromatic rings. The van der Waals surface area contributed by atoms with Gasteiger partial charge in [0.2, 0.25) is 0 Å². The molecule has 0 amide bonds. The summed E-state index contributed by atoms with van der Waals surface area (Å²) in [5, 5.41) is 18.2. The zero-order valence-electron chi connectivity index (χ0n) is 8.56. The summed E-state index contributed by atoms with van der Waals surface area (Å²) in [7, 11) is 0. The Morgan fingerprint density at radius 2 is 2.31 bits per heavy atom. The maximum atomic E-state index is 11.4. The van der Waals surface area contributed by atoms with Crippen molar-refractivity contribution in [3.8, 4) is 11.8 Å². The summed E-state index contributed by atoms with van der Waals surface area (Å²) >= 11 is 0. The lowest BCUT2D eigenvalue weighted by Crippen LogP contribution is -2.06. The quantitative estimate of drug-likeness (QED) is 0.610. The fraction of sp³-hybridized carbons (Fsp3) is 0.182. The predicted molar refractivity (Wildman–Crippen MR) is 54.2 cm³/mol. The molecule has 0 saturated heterocycles. The normalized spacial score (nSPS) is 9.25. The van der Waals surface area contributed by atoms with Gasteiger partial charge < -0.3 is 9.84 Å². The van der Waals surface area contributed by atoms with Crippen molar-refractivity contribution in [3.63, 3.8) is 0 Å². The second-order valence-electron chi connectivity index (χ2n) is 2.91. The first-order chi connectivity index (χ1) is 7.63. The Labute approximate surface area is 91.9 Å². The van der Waals surface area contributed by atoms with Crippen LogP contribution in [-0.2, 0) is 4.74 Å². The molecule has 1 aromatic carbocycles. The summed E-state index contributed by atoms with van der Waals surface area (Å²) in [5.41, 5.74) is -0.0621. The van der Waals surface area contributed by atoms with Gasteiger partial charge in [-0.05, 0) is 19.1 Å². The first-order valence-corrected chi connectivity index (χ1v) is 4.53. The molecule has 0 atom stereocenters. The number of ether oxygens (including phenoxy) is 1. The van der Waals surface area contributed by atoms with Crippen molar-refractivity contribution in [2.24, 2.45) is 0 Å². The lowest BCUT2D eigenvalue weighted by Gasteiger charge is -2.05. The number of carbonyl (C=O) groups is 2. The van der Waals surface area contributed by atoms with E-state index in [2.05, 4.69) is 4.74 Å². The highest BCUT2D eigenvalue weighted by atomic mass is 16.5. The number of aromatic hydroxyl groups is 1. The molecule has 1 N–H and O–H groups in total. The van der Waals surface area contributed by atoms with E-state index < -0.39 is 5.97 Å². The van der Waals surface area contributed by atoms with Gasteiger partial charge in [0, 0.05) is 5.56 Å². The monoisotopic (exact) mass is 219 g/mol. The number of rotatable bonds is 3. The maximum Gasteiger partial charge on any atom is 0.341 e. The maximum absolute atomic E-state index is 11.4. The molecular formula is C11H9NO4. The highest BCUT2D eigenvalue weighted by Crippen LogP contribution is 2.22. The first kappa shape index (κ1) is 11.7. The number of phenolic OH excluding ortho intramolecular Hbond substituents is 1. The number of nitrogens with zero attached hydrogens (tertiary/aromatic N) is 1. The standard InChI is InChI=1S/C11H9NO4/c1-2-16-11(15)9-3-7(5-12)8(6-13)4-10(9)14/h3-4,6,14H,2H2,1H3. The molecule has 0 heterocycles. The molecule has 5 heteroatoms. The molecule has 0 unspecified atom stereocenters. The van der Waals surface area contributed by atoms with Crippen LogP contribution >= 0.6 is 0 Å². The van der Waals surface area contributed by atoms with Crippen LogP contribution in [0.5, 0.6) is 5.75 Å². The molecular weight excluding hydrogens is 210 g/mol. The number of carbonyl (C=O) groups excluding carboxylic acids is 2. The third-order valence-corrected chi connectivity index (χ3v) is 1.91. The zero-order chi connectivity index (χ0) is 12.1. The van der Waals surface area contributed by atoms with Gasteiger partial charge in [0.1, 0.15) is 11.3 Å². The summed E-state index contributed by atoms with van der Waals surface area (Å²) < 4.78 is 4.69. The topological polar surface area (TPSA) is 87.4 Å². The van der Waals surface area contributed by atoms with Gasteiger partial charge in [-0.25, -0.2) is 4.79 Å². The van der Waals surface area contributed by atoms with E-state index in [1.54, 1.807) is 13.0 Å². The molecule has 0 bridgehead atoms. The Morgan fingerprint density at radius 1 is 1.62 bits per heavy atom. The molecule has 1 rings (SSSR count). The van der Waals surface area contributed by atoms with E-state index in [-0.39, 0.29) is 29.0 Å². The number of esters is 1. The van der Waals surface area contributed by atoms with Crippen LogP contribution in [0.25, 0.3) is 0 Å². The van der Waals surface area contributed by atoms with Gasteiger partial charge in [-0.3, -0.25) is 4.79 Å². The molecule has 0 radical (unpaired) electrons. The van der Waals surface area contributed by atoms with Crippen LogP contribution in [-0.4, -0.2) is 24.0 Å². The minimum Gasteiger partial charge on any atom is -0.507 e. The third kappa shape index (κ3) is 2.17. The molecule has 0 aliphatic heterocycles. The van der Waals surface area contributed by atoms with E-state index in [0.717, 1.165) is 12.1 Å². The predicted octanol–water partition coefficient (Wildman–Crippen LogP) is 1.25. The smallest absolute Gasteiger partial charge is 0.341 e. The van der Waals surface area contributed by atoms with Crippen LogP contribution in [0.2, 0.25) is 0 Å². The Kier molecular flexibility index (Phi) is 3.62. The minimum absolute atomic E-state index is 0.0239. The lowest BCUT2D eigenvalue weighted by molar-refractivity contribution is 0.0523. The highest BCUT2D eigenvalue weighted by Gasteiger charge is 2.15. The van der Waals surface area contributed by atoms with Crippen molar-refractivity contribution in [1.29, 1.82) is 5.26 Å². The van der Waals surface area contributed by atoms with Crippen molar-refractivity contribution in [1.82, 2.24) is 0 Å². The van der Waals surface area contributed by atoms with Crippen LogP contribution in [0.15, 0.2) is 12.1 Å². The van der Waals surface area contributed by atoms with Crippen LogP contribution < -0.4 is 0 Å². The van der Waals surface area contributed by atoms with E-state index >= 15 is 0 Å². The van der Waals surface area contributed by atoms with Crippen molar-refractivity contribution in [2.45, 2.75) is 6.92 Å². The molecule has 0 fully saturated rings. The van der Waals surface area contributed by atoms with Gasteiger partial charge in [0.15, 0.2) is 6.29 Å². The molecule has 0 aromatic heterocycles. The SMILES string of the molecule is CCOC(=O)c1cc(C#N)c(C=O)cc1O. The van der Waals surface area contributed by atoms with Gasteiger partial charge in [-0.1, -0.05) is 0 Å². The summed E-state index contributed by atoms with van der Waals surface area (Å²) in [6.45, 7) is 1.79. The third-order valence-electron chi connectivity index (χ3n) is 1.91. The Hall–Kier alpha value is -2.35. The Balaban J connectivity index is 3.27. The van der Waals surface area contributed by atoms with Crippen molar-refractivity contribution in [2.75, 3.05) is 6.61 Å². The first-order valence-electron chi connectivity index (χ1n) is 4.53. The number of hydrogen-bond donors (Lipinski definition) is 1. The number of phenols is 1. The van der Waals surface area contributed by atoms with Gasteiger partial charge >= 0.3 is 5.97 Å². The van der Waals surface area contributed by atoms with Gasteiger partial charge in [-0.15, -0.1) is 0 Å². The molecule has 0 saturated carbocycles. The molecule has 16 heavy (non-hydrogen) atoms. The Bertz CT molecular complexity index is 474. The minimum atomic E-state index is -0.728. The van der Waals surface area contributed by atoms with Crippen LogP contribution in [0.4, 0.5) is 0 Å². The van der Waals surface area contributed by atoms with Crippen molar-refractivity contribution < 1.29 is 19.4 Å². The highest BCUT2D eigenvalue weighted by molar-refractivity contribution is 5.94. The summed E-state index contributed by atoms with van der Waals surface area (Å²) in [5.74, 6) is -1.10. The van der Waals surface area contributed by atoms with Crippen LogP contribution in [0.3, 0.4) is 0 Å². The van der Waals surface area contributed by atoms with Crippen molar-refractivity contribution >= 4 is 12.3 Å². The Morgan fingerprint density at radius 3 is 2.81 bits per heavy atom. The molecule has 0 aliphatic rings. The summed E-state index contributed by atoms with van der Waals surface area (Å²) in [4.78, 5) is 21.9. The van der Waals surface area contributed by atoms with Gasteiger partial charge in [0.25, 0.3) is 0 Å². The fourth-order valence-corrected chi connectivity index (χ4v) is 1.17. The average molecular weight is 219 g/mol. The second-order valence-corrected chi connectivity index (χ2v) is 2.91. The van der Waals surface area contributed by atoms with E-state index in [4.69, 9.17) is 5.26 Å². The number of benzene rings is 1. The average Bonchev–Trinajstić information content (AvgIpc) is 2.28.